The van der Waals surface area contributed by atoms with Crippen molar-refractivity contribution in [2.24, 2.45) is 11.7 Å². The molecule has 1 aliphatic rings. The summed E-state index contributed by atoms with van der Waals surface area (Å²) < 4.78 is 5.77. The number of hydrogen-bond acceptors (Lipinski definition) is 5. The molecule has 0 radical (unpaired) electrons. The maximum absolute atomic E-state index is 11.4. The second-order valence-corrected chi connectivity index (χ2v) is 7.62. The van der Waals surface area contributed by atoms with Gasteiger partial charge in [0.25, 0.3) is 0 Å². The lowest BCUT2D eigenvalue weighted by molar-refractivity contribution is -0.122. The van der Waals surface area contributed by atoms with Crippen LogP contribution in [0.15, 0.2) is 29.6 Å². The smallest absolute Gasteiger partial charge is 0.220 e. The maximum atomic E-state index is 11.4. The van der Waals surface area contributed by atoms with Crippen LogP contribution < -0.4 is 15.8 Å². The van der Waals surface area contributed by atoms with Crippen molar-refractivity contribution in [2.45, 2.75) is 51.8 Å². The molecule has 134 valence electrons. The van der Waals surface area contributed by atoms with Crippen LogP contribution in [-0.4, -0.2) is 16.9 Å². The molecule has 25 heavy (non-hydrogen) atoms. The van der Waals surface area contributed by atoms with Crippen LogP contribution in [0.4, 0.5) is 0 Å². The van der Waals surface area contributed by atoms with Crippen molar-refractivity contribution in [1.82, 2.24) is 10.3 Å². The zero-order valence-corrected chi connectivity index (χ0v) is 15.3. The molecule has 2 unspecified atom stereocenters. The van der Waals surface area contributed by atoms with Crippen molar-refractivity contribution in [1.29, 1.82) is 0 Å². The van der Waals surface area contributed by atoms with E-state index in [0.29, 0.717) is 12.6 Å². The molecule has 0 aliphatic heterocycles. The Bertz CT molecular complexity index is 699. The van der Waals surface area contributed by atoms with E-state index in [-0.39, 0.29) is 11.8 Å². The van der Waals surface area contributed by atoms with E-state index >= 15 is 0 Å². The predicted octanol–water partition coefficient (Wildman–Crippen LogP) is 3.16. The Morgan fingerprint density at radius 1 is 1.36 bits per heavy atom. The molecule has 5 nitrogen and oxygen atoms in total. The van der Waals surface area contributed by atoms with Gasteiger partial charge in [-0.3, -0.25) is 4.79 Å². The predicted molar refractivity (Wildman–Crippen MR) is 99.4 cm³/mol. The van der Waals surface area contributed by atoms with Gasteiger partial charge in [-0.1, -0.05) is 24.1 Å². The molecule has 3 rings (SSSR count). The summed E-state index contributed by atoms with van der Waals surface area (Å²) in [5.74, 6) is 0.705. The van der Waals surface area contributed by atoms with Gasteiger partial charge in [0.2, 0.25) is 5.91 Å². The number of nitrogens with two attached hydrogens (primary N) is 1. The summed E-state index contributed by atoms with van der Waals surface area (Å²) in [6, 6.07) is 8.37. The number of ether oxygens (including phenoxy) is 1. The molecule has 0 spiro atoms. The molecule has 1 fully saturated rings. The van der Waals surface area contributed by atoms with E-state index in [1.54, 1.807) is 11.3 Å². The Balaban J connectivity index is 1.45. The molecule has 2 atom stereocenters. The van der Waals surface area contributed by atoms with Gasteiger partial charge in [0.15, 0.2) is 0 Å². The fraction of sp³-hybridized carbons (Fsp3) is 0.474. The Kier molecular flexibility index (Phi) is 6.04. The first-order valence-corrected chi connectivity index (χ1v) is 9.63. The highest BCUT2D eigenvalue weighted by molar-refractivity contribution is 7.09. The van der Waals surface area contributed by atoms with Crippen LogP contribution in [0.5, 0.6) is 5.75 Å². The number of thiazole rings is 1. The summed E-state index contributed by atoms with van der Waals surface area (Å²) in [6.45, 7) is 3.26. The Morgan fingerprint density at radius 2 is 2.16 bits per heavy atom. The Hall–Kier alpha value is -1.92. The van der Waals surface area contributed by atoms with Gasteiger partial charge in [-0.15, -0.1) is 11.3 Å². The van der Waals surface area contributed by atoms with Gasteiger partial charge in [0.1, 0.15) is 17.4 Å². The van der Waals surface area contributed by atoms with Crippen LogP contribution in [0.2, 0.25) is 0 Å². The molecule has 2 aromatic rings. The van der Waals surface area contributed by atoms with Gasteiger partial charge < -0.3 is 15.8 Å². The summed E-state index contributed by atoms with van der Waals surface area (Å²) in [7, 11) is 0. The number of carbonyl (C=O) groups is 1. The van der Waals surface area contributed by atoms with Crippen LogP contribution in [0.1, 0.15) is 41.9 Å². The van der Waals surface area contributed by atoms with Crippen LogP contribution in [0.25, 0.3) is 0 Å². The van der Waals surface area contributed by atoms with E-state index in [0.717, 1.165) is 48.7 Å². The molecule has 1 amide bonds. The normalized spacial score (nSPS) is 20.4. The first-order valence-electron chi connectivity index (χ1n) is 8.75. The van der Waals surface area contributed by atoms with Crippen LogP contribution in [0, 0.1) is 12.8 Å². The first kappa shape index (κ1) is 17.9. The van der Waals surface area contributed by atoms with Gasteiger partial charge in [-0.25, -0.2) is 4.98 Å². The van der Waals surface area contributed by atoms with Crippen LogP contribution in [-0.2, 0) is 17.9 Å². The lowest BCUT2D eigenvalue weighted by Crippen LogP contribution is -2.38. The van der Waals surface area contributed by atoms with Crippen molar-refractivity contribution in [3.05, 3.63) is 45.9 Å². The number of hydrogen-bond donors (Lipinski definition) is 2. The zero-order chi connectivity index (χ0) is 17.6. The highest BCUT2D eigenvalue weighted by Gasteiger charge is 2.25. The summed E-state index contributed by atoms with van der Waals surface area (Å²) >= 11 is 1.61. The summed E-state index contributed by atoms with van der Waals surface area (Å²) in [5.41, 5.74) is 7.68. The van der Waals surface area contributed by atoms with Crippen LogP contribution >= 0.6 is 11.3 Å². The molecular formula is C19H25N3O2S. The molecule has 0 saturated heterocycles. The summed E-state index contributed by atoms with van der Waals surface area (Å²) in [5, 5.41) is 6.54. The number of aryl methyl sites for hydroxylation is 1. The van der Waals surface area contributed by atoms with E-state index < -0.39 is 0 Å². The quantitative estimate of drug-likeness (QED) is 0.796. The standard InChI is InChI=1S/C19H25N3O2S/c1-13-5-7-17(8-6-13)24-11-18-22-16(12-25-18)10-21-15-4-2-3-14(9-15)19(20)23/h5-8,12,14-15,21H,2-4,9-11H2,1H3,(H2,20,23). The number of carbonyl (C=O) groups excluding carboxylic acids is 1. The number of nitrogens with zero attached hydrogens (tertiary/aromatic N) is 1. The number of rotatable bonds is 7. The average Bonchev–Trinajstić information content (AvgIpc) is 3.08. The van der Waals surface area contributed by atoms with E-state index in [4.69, 9.17) is 10.5 Å². The monoisotopic (exact) mass is 359 g/mol. The molecule has 1 aliphatic carbocycles. The molecule has 1 saturated carbocycles. The Labute approximate surface area is 152 Å². The van der Waals surface area contributed by atoms with Gasteiger partial charge in [-0.2, -0.15) is 0 Å². The molecule has 6 heteroatoms. The third kappa shape index (κ3) is 5.28. The third-order valence-electron chi connectivity index (χ3n) is 4.63. The second-order valence-electron chi connectivity index (χ2n) is 6.68. The number of nitrogens with one attached hydrogen (secondary N) is 1. The lowest BCUT2D eigenvalue weighted by Gasteiger charge is -2.27. The van der Waals surface area contributed by atoms with Crippen molar-refractivity contribution in [3.8, 4) is 5.75 Å². The zero-order valence-electron chi connectivity index (χ0n) is 14.5. The van der Waals surface area contributed by atoms with E-state index in [9.17, 15) is 4.79 Å². The maximum Gasteiger partial charge on any atom is 0.220 e. The van der Waals surface area contributed by atoms with Crippen molar-refractivity contribution < 1.29 is 9.53 Å². The van der Waals surface area contributed by atoms with Gasteiger partial charge in [-0.05, 0) is 38.3 Å². The first-order chi connectivity index (χ1) is 12.1. The number of aromatic nitrogens is 1. The minimum Gasteiger partial charge on any atom is -0.486 e. The molecule has 1 aromatic heterocycles. The number of benzene rings is 1. The number of amides is 1. The minimum absolute atomic E-state index is 0.0140. The van der Waals surface area contributed by atoms with Crippen molar-refractivity contribution in [3.63, 3.8) is 0 Å². The molecule has 1 aromatic carbocycles. The van der Waals surface area contributed by atoms with Gasteiger partial charge >= 0.3 is 0 Å². The van der Waals surface area contributed by atoms with Gasteiger partial charge in [0.05, 0.1) is 5.69 Å². The van der Waals surface area contributed by atoms with E-state index in [2.05, 4.69) is 22.6 Å². The largest absolute Gasteiger partial charge is 0.486 e. The lowest BCUT2D eigenvalue weighted by atomic mass is 9.85. The van der Waals surface area contributed by atoms with E-state index in [1.165, 1.54) is 5.56 Å². The molecule has 0 bridgehead atoms. The van der Waals surface area contributed by atoms with Gasteiger partial charge in [0, 0.05) is 23.9 Å². The summed E-state index contributed by atoms with van der Waals surface area (Å²) in [4.78, 5) is 16.0. The second kappa shape index (κ2) is 8.45. The molecule has 3 N–H and O–H groups in total. The SMILES string of the molecule is Cc1ccc(OCc2nc(CNC3CCCC(C(N)=O)C3)cs2)cc1. The van der Waals surface area contributed by atoms with Crippen molar-refractivity contribution in [2.75, 3.05) is 0 Å². The minimum atomic E-state index is -0.171. The van der Waals surface area contributed by atoms with Crippen LogP contribution in [0.3, 0.4) is 0 Å². The van der Waals surface area contributed by atoms with E-state index in [1.807, 2.05) is 24.3 Å². The fourth-order valence-electron chi connectivity index (χ4n) is 3.16. The topological polar surface area (TPSA) is 77.2 Å². The summed E-state index contributed by atoms with van der Waals surface area (Å²) in [6.07, 6.45) is 3.91. The molecular weight excluding hydrogens is 334 g/mol. The third-order valence-corrected chi connectivity index (χ3v) is 5.50. The van der Waals surface area contributed by atoms with Crippen molar-refractivity contribution >= 4 is 17.2 Å². The number of primary amides is 1. The molecule has 1 heterocycles. The Morgan fingerprint density at radius 3 is 2.92 bits per heavy atom. The average molecular weight is 359 g/mol. The highest BCUT2D eigenvalue weighted by atomic mass is 32.1. The fourth-order valence-corrected chi connectivity index (χ4v) is 3.86. The highest BCUT2D eigenvalue weighted by Crippen LogP contribution is 2.24.